The van der Waals surface area contributed by atoms with Gasteiger partial charge in [-0.1, -0.05) is 0 Å². The molecule has 0 aliphatic carbocycles. The maximum atomic E-state index is 5.08. The minimum atomic E-state index is 0.500. The van der Waals surface area contributed by atoms with E-state index in [0.29, 0.717) is 21.0 Å². The van der Waals surface area contributed by atoms with Gasteiger partial charge in [-0.2, -0.15) is 0 Å². The van der Waals surface area contributed by atoms with Gasteiger partial charge in [0.15, 0.2) is 0 Å². The van der Waals surface area contributed by atoms with Gasteiger partial charge < -0.3 is 4.52 Å². The molecule has 0 saturated carbocycles. The molecule has 0 bridgehead atoms. The highest BCUT2D eigenvalue weighted by atomic mass is 31.1. The van der Waals surface area contributed by atoms with E-state index in [0.717, 1.165) is 0 Å². The molecule has 0 aromatic heterocycles. The number of nitrogens with zero attached hydrogens (tertiary/aromatic N) is 1. The van der Waals surface area contributed by atoms with Crippen molar-refractivity contribution < 1.29 is 4.52 Å². The van der Waals surface area contributed by atoms with Crippen molar-refractivity contribution in [1.29, 1.82) is 0 Å². The van der Waals surface area contributed by atoms with Crippen LogP contribution in [-0.4, -0.2) is 23.9 Å². The molecular weight excluding hydrogens is 145 g/mol. The van der Waals surface area contributed by atoms with E-state index in [4.69, 9.17) is 4.52 Å². The summed E-state index contributed by atoms with van der Waals surface area (Å²) in [7, 11) is 2.25. The van der Waals surface area contributed by atoms with Crippen LogP contribution >= 0.6 is 8.96 Å². The summed E-state index contributed by atoms with van der Waals surface area (Å²) in [5, 5.41) is 0. The summed E-state index contributed by atoms with van der Waals surface area (Å²) in [6.07, 6.45) is 0. The Kier molecular flexibility index (Phi) is 5.24. The van der Waals surface area contributed by atoms with Gasteiger partial charge >= 0.3 is 0 Å². The Bertz CT molecular complexity index is 77.7. The van der Waals surface area contributed by atoms with Crippen LogP contribution in [0.4, 0.5) is 0 Å². The second-order valence-electron chi connectivity index (χ2n) is 2.89. The molecule has 1 atom stereocenters. The van der Waals surface area contributed by atoms with Gasteiger partial charge in [0.25, 0.3) is 0 Å². The van der Waals surface area contributed by atoms with E-state index in [1.165, 1.54) is 0 Å². The lowest BCUT2D eigenvalue weighted by Gasteiger charge is -2.28. The predicted molar refractivity (Wildman–Crippen MR) is 47.4 cm³/mol. The van der Waals surface area contributed by atoms with Crippen molar-refractivity contribution in [1.82, 2.24) is 4.67 Å². The standard InChI is InChI=1S/C7H18NOP/c1-6(2)8(7(3)4)10-9-5/h6-7,10H,1-5H3. The van der Waals surface area contributed by atoms with Gasteiger partial charge in [-0.3, -0.25) is 4.67 Å². The van der Waals surface area contributed by atoms with Crippen LogP contribution in [-0.2, 0) is 4.52 Å². The average molecular weight is 163 g/mol. The zero-order valence-corrected chi connectivity index (χ0v) is 8.51. The van der Waals surface area contributed by atoms with Crippen molar-refractivity contribution in [2.75, 3.05) is 7.11 Å². The van der Waals surface area contributed by atoms with Crippen LogP contribution in [0.15, 0.2) is 0 Å². The fraction of sp³-hybridized carbons (Fsp3) is 1.00. The fourth-order valence-corrected chi connectivity index (χ4v) is 1.54. The molecule has 0 radical (unpaired) electrons. The van der Waals surface area contributed by atoms with Gasteiger partial charge in [0.1, 0.15) is 0 Å². The Morgan fingerprint density at radius 2 is 1.50 bits per heavy atom. The minimum absolute atomic E-state index is 0.500. The molecule has 0 N–H and O–H groups in total. The first-order valence-corrected chi connectivity index (χ1v) is 4.52. The monoisotopic (exact) mass is 163 g/mol. The predicted octanol–water partition coefficient (Wildman–Crippen LogP) is 2.26. The lowest BCUT2D eigenvalue weighted by atomic mass is 10.3. The highest BCUT2D eigenvalue weighted by Crippen LogP contribution is 2.23. The summed E-state index contributed by atoms with van der Waals surface area (Å²) >= 11 is 0. The molecule has 0 aliphatic rings. The van der Waals surface area contributed by atoms with Gasteiger partial charge in [0.05, 0.1) is 8.96 Å². The zero-order chi connectivity index (χ0) is 8.15. The van der Waals surface area contributed by atoms with Crippen LogP contribution in [0.3, 0.4) is 0 Å². The molecule has 0 amide bonds. The van der Waals surface area contributed by atoms with Gasteiger partial charge in [-0.05, 0) is 27.7 Å². The molecule has 0 rings (SSSR count). The summed E-state index contributed by atoms with van der Waals surface area (Å²) in [4.78, 5) is 0. The molecule has 0 spiro atoms. The number of rotatable bonds is 4. The Morgan fingerprint density at radius 1 is 1.10 bits per heavy atom. The van der Waals surface area contributed by atoms with E-state index < -0.39 is 0 Å². The number of hydrogen-bond donors (Lipinski definition) is 0. The Balaban J connectivity index is 3.73. The Hall–Kier alpha value is 0.350. The highest BCUT2D eigenvalue weighted by Gasteiger charge is 2.11. The molecule has 2 nitrogen and oxygen atoms in total. The largest absolute Gasteiger partial charge is 0.349 e. The van der Waals surface area contributed by atoms with E-state index in [2.05, 4.69) is 32.4 Å². The SMILES string of the molecule is COPN(C(C)C)C(C)C. The Labute approximate surface area is 65.9 Å². The number of hydrogen-bond acceptors (Lipinski definition) is 2. The van der Waals surface area contributed by atoms with Crippen molar-refractivity contribution in [2.24, 2.45) is 0 Å². The first kappa shape index (κ1) is 10.3. The van der Waals surface area contributed by atoms with Gasteiger partial charge in [-0.15, -0.1) is 0 Å². The van der Waals surface area contributed by atoms with Gasteiger partial charge in [0.2, 0.25) is 0 Å². The lowest BCUT2D eigenvalue weighted by Crippen LogP contribution is -2.29. The smallest absolute Gasteiger partial charge is 0.0889 e. The van der Waals surface area contributed by atoms with Crippen LogP contribution < -0.4 is 0 Å². The first-order valence-electron chi connectivity index (χ1n) is 3.66. The molecule has 0 aromatic rings. The normalized spacial score (nSPS) is 13.2. The third kappa shape index (κ3) is 3.50. The third-order valence-electron chi connectivity index (χ3n) is 1.31. The summed E-state index contributed by atoms with van der Waals surface area (Å²) in [5.41, 5.74) is 0. The first-order chi connectivity index (χ1) is 4.59. The molecule has 0 aromatic carbocycles. The molecule has 0 saturated heterocycles. The lowest BCUT2D eigenvalue weighted by molar-refractivity contribution is 0.292. The van der Waals surface area contributed by atoms with E-state index in [1.807, 2.05) is 0 Å². The summed E-state index contributed by atoms with van der Waals surface area (Å²) in [6, 6.07) is 1.16. The molecule has 62 valence electrons. The quantitative estimate of drug-likeness (QED) is 0.589. The maximum absolute atomic E-state index is 5.08. The molecule has 0 fully saturated rings. The molecular formula is C7H18NOP. The fourth-order valence-electron chi connectivity index (χ4n) is 0.913. The molecule has 10 heavy (non-hydrogen) atoms. The molecule has 1 unspecified atom stereocenters. The summed E-state index contributed by atoms with van der Waals surface area (Å²) in [5.74, 6) is 0. The van der Waals surface area contributed by atoms with E-state index in [9.17, 15) is 0 Å². The zero-order valence-electron chi connectivity index (χ0n) is 7.51. The van der Waals surface area contributed by atoms with Crippen molar-refractivity contribution in [3.63, 3.8) is 0 Å². The average Bonchev–Trinajstić information content (AvgIpc) is 1.81. The van der Waals surface area contributed by atoms with E-state index >= 15 is 0 Å². The third-order valence-corrected chi connectivity index (χ3v) is 2.74. The van der Waals surface area contributed by atoms with Crippen molar-refractivity contribution in [3.05, 3.63) is 0 Å². The summed E-state index contributed by atoms with van der Waals surface area (Å²) < 4.78 is 7.40. The van der Waals surface area contributed by atoms with E-state index in [-0.39, 0.29) is 0 Å². The molecule has 3 heteroatoms. The highest BCUT2D eigenvalue weighted by molar-refractivity contribution is 7.29. The second-order valence-corrected chi connectivity index (χ2v) is 4.00. The van der Waals surface area contributed by atoms with Gasteiger partial charge in [0, 0.05) is 19.2 Å². The summed E-state index contributed by atoms with van der Waals surface area (Å²) in [6.45, 7) is 8.75. The van der Waals surface area contributed by atoms with Crippen LogP contribution in [0.1, 0.15) is 27.7 Å². The van der Waals surface area contributed by atoms with Crippen LogP contribution in [0.5, 0.6) is 0 Å². The van der Waals surface area contributed by atoms with Gasteiger partial charge in [-0.25, -0.2) is 0 Å². The van der Waals surface area contributed by atoms with Crippen molar-refractivity contribution >= 4 is 8.96 Å². The maximum Gasteiger partial charge on any atom is 0.0889 e. The van der Waals surface area contributed by atoms with Crippen LogP contribution in [0.25, 0.3) is 0 Å². The minimum Gasteiger partial charge on any atom is -0.349 e. The van der Waals surface area contributed by atoms with E-state index in [1.54, 1.807) is 7.11 Å². The Morgan fingerprint density at radius 3 is 1.60 bits per heavy atom. The van der Waals surface area contributed by atoms with Crippen molar-refractivity contribution in [2.45, 2.75) is 39.8 Å². The molecule has 0 heterocycles. The van der Waals surface area contributed by atoms with Crippen LogP contribution in [0.2, 0.25) is 0 Å². The second kappa shape index (κ2) is 5.06. The topological polar surface area (TPSA) is 12.5 Å². The van der Waals surface area contributed by atoms with Crippen molar-refractivity contribution in [3.8, 4) is 0 Å². The molecule has 0 aliphatic heterocycles. The van der Waals surface area contributed by atoms with Crippen LogP contribution in [0, 0.1) is 0 Å².